The van der Waals surface area contributed by atoms with Gasteiger partial charge in [-0.3, -0.25) is 4.79 Å². The van der Waals surface area contributed by atoms with Crippen LogP contribution < -0.4 is 16.0 Å². The van der Waals surface area contributed by atoms with Gasteiger partial charge < -0.3 is 20.9 Å². The van der Waals surface area contributed by atoms with Gasteiger partial charge >= 0.3 is 6.03 Å². The Labute approximate surface area is 169 Å². The number of nitrogens with zero attached hydrogens (tertiary/aromatic N) is 1. The lowest BCUT2D eigenvalue weighted by atomic mass is 9.92. The molecule has 1 aromatic carbocycles. The molecule has 0 bridgehead atoms. The minimum absolute atomic E-state index is 0.0411. The van der Waals surface area contributed by atoms with Crippen molar-refractivity contribution in [3.05, 3.63) is 23.8 Å². The molecule has 0 radical (unpaired) electrons. The van der Waals surface area contributed by atoms with Crippen LogP contribution in [0.1, 0.15) is 46.1 Å². The monoisotopic (exact) mass is 388 g/mol. The van der Waals surface area contributed by atoms with E-state index in [0.29, 0.717) is 17.9 Å². The van der Waals surface area contributed by atoms with Gasteiger partial charge in [0.1, 0.15) is 0 Å². The van der Waals surface area contributed by atoms with Crippen molar-refractivity contribution in [1.82, 2.24) is 10.2 Å². The molecule has 1 aromatic rings. The lowest BCUT2D eigenvalue weighted by molar-refractivity contribution is -0.118. The molecule has 1 heterocycles. The van der Waals surface area contributed by atoms with E-state index in [9.17, 15) is 9.59 Å². The molecule has 0 aliphatic carbocycles. The van der Waals surface area contributed by atoms with Crippen molar-refractivity contribution >= 4 is 23.3 Å². The Kier molecular flexibility index (Phi) is 8.30. The Balaban J connectivity index is 1.77. The molecule has 2 rings (SSSR count). The first-order valence-corrected chi connectivity index (χ1v) is 10.4. The molecule has 1 saturated heterocycles. The first-order valence-electron chi connectivity index (χ1n) is 10.4. The lowest BCUT2D eigenvalue weighted by Crippen LogP contribution is -2.40. The van der Waals surface area contributed by atoms with E-state index in [1.807, 2.05) is 32.9 Å². The zero-order valence-electron chi connectivity index (χ0n) is 18.0. The fourth-order valence-corrected chi connectivity index (χ4v) is 3.77. The van der Waals surface area contributed by atoms with Crippen LogP contribution in [0.25, 0.3) is 0 Å². The summed E-state index contributed by atoms with van der Waals surface area (Å²) in [6.07, 6.45) is 2.25. The number of piperidine rings is 1. The number of hydrogen-bond donors (Lipinski definition) is 3. The van der Waals surface area contributed by atoms with Crippen molar-refractivity contribution in [1.29, 1.82) is 0 Å². The SMILES string of the molecule is Cc1ccc(NC(=O)C(C)C)cc1NC(=O)NCCCN1CC(C)CC(C)C1. The number of rotatable bonds is 7. The number of likely N-dealkylation sites (tertiary alicyclic amines) is 1. The number of carbonyl (C=O) groups is 2. The summed E-state index contributed by atoms with van der Waals surface area (Å²) in [7, 11) is 0. The third kappa shape index (κ3) is 7.15. The summed E-state index contributed by atoms with van der Waals surface area (Å²) in [5, 5.41) is 8.69. The van der Waals surface area contributed by atoms with E-state index in [1.54, 1.807) is 6.07 Å². The van der Waals surface area contributed by atoms with Gasteiger partial charge in [-0.1, -0.05) is 33.8 Å². The maximum Gasteiger partial charge on any atom is 0.319 e. The van der Waals surface area contributed by atoms with Crippen LogP contribution in [0.5, 0.6) is 0 Å². The number of urea groups is 1. The molecule has 3 N–H and O–H groups in total. The normalized spacial score (nSPS) is 20.1. The highest BCUT2D eigenvalue weighted by molar-refractivity contribution is 5.94. The van der Waals surface area contributed by atoms with Crippen LogP contribution in [-0.4, -0.2) is 43.0 Å². The highest BCUT2D eigenvalue weighted by atomic mass is 16.2. The predicted molar refractivity (Wildman–Crippen MR) is 116 cm³/mol. The average Bonchev–Trinajstić information content (AvgIpc) is 2.60. The summed E-state index contributed by atoms with van der Waals surface area (Å²) in [6, 6.07) is 5.32. The van der Waals surface area contributed by atoms with Gasteiger partial charge in [-0.15, -0.1) is 0 Å². The number of nitrogens with one attached hydrogen (secondary N) is 3. The van der Waals surface area contributed by atoms with E-state index >= 15 is 0 Å². The highest BCUT2D eigenvalue weighted by Crippen LogP contribution is 2.21. The number of hydrogen-bond acceptors (Lipinski definition) is 3. The van der Waals surface area contributed by atoms with Crippen LogP contribution >= 0.6 is 0 Å². The maximum absolute atomic E-state index is 12.2. The second-order valence-electron chi connectivity index (χ2n) is 8.61. The average molecular weight is 389 g/mol. The molecule has 1 aliphatic rings. The molecule has 28 heavy (non-hydrogen) atoms. The summed E-state index contributed by atoms with van der Waals surface area (Å²) in [6.45, 7) is 14.2. The molecule has 0 aromatic heterocycles. The van der Waals surface area contributed by atoms with Crippen LogP contribution in [-0.2, 0) is 4.79 Å². The quantitative estimate of drug-likeness (QED) is 0.616. The Morgan fingerprint density at radius 3 is 2.46 bits per heavy atom. The molecule has 3 amide bonds. The van der Waals surface area contributed by atoms with Crippen molar-refractivity contribution in [2.24, 2.45) is 17.8 Å². The van der Waals surface area contributed by atoms with Gasteiger partial charge in [0.25, 0.3) is 0 Å². The van der Waals surface area contributed by atoms with Crippen molar-refractivity contribution in [2.45, 2.75) is 47.5 Å². The van der Waals surface area contributed by atoms with Crippen LogP contribution in [0.3, 0.4) is 0 Å². The van der Waals surface area contributed by atoms with Gasteiger partial charge in [0.2, 0.25) is 5.91 Å². The second kappa shape index (κ2) is 10.5. The van der Waals surface area contributed by atoms with Crippen LogP contribution in [0, 0.1) is 24.7 Å². The Hall–Kier alpha value is -2.08. The molecule has 6 nitrogen and oxygen atoms in total. The molecule has 1 fully saturated rings. The van der Waals surface area contributed by atoms with Gasteiger partial charge in [-0.05, 0) is 55.8 Å². The van der Waals surface area contributed by atoms with E-state index in [-0.39, 0.29) is 17.9 Å². The van der Waals surface area contributed by atoms with Crippen LogP contribution in [0.4, 0.5) is 16.2 Å². The lowest BCUT2D eigenvalue weighted by Gasteiger charge is -2.34. The van der Waals surface area contributed by atoms with Gasteiger partial charge in [0, 0.05) is 36.9 Å². The first-order chi connectivity index (χ1) is 13.2. The van der Waals surface area contributed by atoms with E-state index in [1.165, 1.54) is 6.42 Å². The minimum Gasteiger partial charge on any atom is -0.338 e. The smallest absolute Gasteiger partial charge is 0.319 e. The van der Waals surface area contributed by atoms with Crippen molar-refractivity contribution in [2.75, 3.05) is 36.8 Å². The predicted octanol–water partition coefficient (Wildman–Crippen LogP) is 4.08. The zero-order chi connectivity index (χ0) is 20.7. The van der Waals surface area contributed by atoms with Crippen molar-refractivity contribution < 1.29 is 9.59 Å². The maximum atomic E-state index is 12.2. The molecule has 156 valence electrons. The summed E-state index contributed by atoms with van der Waals surface area (Å²) >= 11 is 0. The van der Waals surface area contributed by atoms with Gasteiger partial charge in [0.15, 0.2) is 0 Å². The van der Waals surface area contributed by atoms with Crippen molar-refractivity contribution in [3.63, 3.8) is 0 Å². The van der Waals surface area contributed by atoms with Crippen LogP contribution in [0.15, 0.2) is 18.2 Å². The highest BCUT2D eigenvalue weighted by Gasteiger charge is 2.21. The Morgan fingerprint density at radius 2 is 1.82 bits per heavy atom. The molecule has 1 aliphatic heterocycles. The van der Waals surface area contributed by atoms with Crippen LogP contribution in [0.2, 0.25) is 0 Å². The number of benzene rings is 1. The number of amides is 3. The third-order valence-corrected chi connectivity index (χ3v) is 5.16. The topological polar surface area (TPSA) is 73.5 Å². The molecule has 6 heteroatoms. The van der Waals surface area contributed by atoms with E-state index < -0.39 is 0 Å². The van der Waals surface area contributed by atoms with Gasteiger partial charge in [0.05, 0.1) is 0 Å². The minimum atomic E-state index is -0.212. The molecule has 0 saturated carbocycles. The Morgan fingerprint density at radius 1 is 1.14 bits per heavy atom. The third-order valence-electron chi connectivity index (χ3n) is 5.16. The van der Waals surface area contributed by atoms with E-state index in [2.05, 4.69) is 34.7 Å². The van der Waals surface area contributed by atoms with E-state index in [4.69, 9.17) is 0 Å². The summed E-state index contributed by atoms with van der Waals surface area (Å²) < 4.78 is 0. The summed E-state index contributed by atoms with van der Waals surface area (Å²) in [5.74, 6) is 1.38. The molecular weight excluding hydrogens is 352 g/mol. The summed E-state index contributed by atoms with van der Waals surface area (Å²) in [4.78, 5) is 26.6. The largest absolute Gasteiger partial charge is 0.338 e. The van der Waals surface area contributed by atoms with Crippen molar-refractivity contribution in [3.8, 4) is 0 Å². The number of anilines is 2. The van der Waals surface area contributed by atoms with Gasteiger partial charge in [-0.25, -0.2) is 4.79 Å². The number of carbonyl (C=O) groups excluding carboxylic acids is 2. The molecule has 2 atom stereocenters. The number of aryl methyl sites for hydroxylation is 1. The zero-order valence-corrected chi connectivity index (χ0v) is 18.0. The van der Waals surface area contributed by atoms with Gasteiger partial charge in [-0.2, -0.15) is 0 Å². The second-order valence-corrected chi connectivity index (χ2v) is 8.61. The fraction of sp³-hybridized carbons (Fsp3) is 0.636. The first kappa shape index (κ1) is 22.2. The molecule has 0 spiro atoms. The Bertz CT molecular complexity index is 665. The summed E-state index contributed by atoms with van der Waals surface area (Å²) in [5.41, 5.74) is 2.35. The standard InChI is InChI=1S/C22H36N4O2/c1-15(2)21(27)24-19-8-7-18(5)20(12-19)25-22(28)23-9-6-10-26-13-16(3)11-17(4)14-26/h7-8,12,15-17H,6,9-11,13-14H2,1-5H3,(H,24,27)(H2,23,25,28). The molecule has 2 unspecified atom stereocenters. The van der Waals surface area contributed by atoms with E-state index in [0.717, 1.165) is 43.5 Å². The molecular formula is C22H36N4O2. The fourth-order valence-electron chi connectivity index (χ4n) is 3.77.